The Morgan fingerprint density at radius 1 is 1.16 bits per heavy atom. The summed E-state index contributed by atoms with van der Waals surface area (Å²) in [6.45, 7) is 1.37. The molecule has 1 amide bonds. The molecule has 5 nitrogen and oxygen atoms in total. The van der Waals surface area contributed by atoms with Gasteiger partial charge in [-0.1, -0.05) is 0 Å². The van der Waals surface area contributed by atoms with Gasteiger partial charge in [0, 0.05) is 37.3 Å². The van der Waals surface area contributed by atoms with Gasteiger partial charge in [0.2, 0.25) is 5.91 Å². The van der Waals surface area contributed by atoms with Crippen LogP contribution in [0.4, 0.5) is 13.2 Å². The quantitative estimate of drug-likeness (QED) is 0.757. The van der Waals surface area contributed by atoms with Crippen LogP contribution in [0.25, 0.3) is 0 Å². The minimum absolute atomic E-state index is 0.0452. The Bertz CT molecular complexity index is 639. The lowest BCUT2D eigenvalue weighted by Gasteiger charge is -2.35. The monoisotopic (exact) mass is 358 g/mol. The smallest absolute Gasteiger partial charge is 0.401 e. The highest BCUT2D eigenvalue weighted by atomic mass is 19.4. The van der Waals surface area contributed by atoms with Crippen LogP contribution in [0.2, 0.25) is 0 Å². The fourth-order valence-electron chi connectivity index (χ4n) is 2.82. The number of ketones is 1. The number of ether oxygens (including phenoxy) is 1. The van der Waals surface area contributed by atoms with Gasteiger partial charge in [-0.2, -0.15) is 13.2 Å². The maximum Gasteiger partial charge on any atom is 0.401 e. The number of hydrogen-bond acceptors (Lipinski definition) is 4. The summed E-state index contributed by atoms with van der Waals surface area (Å²) >= 11 is 0. The normalized spacial score (nSPS) is 16.0. The maximum atomic E-state index is 12.5. The summed E-state index contributed by atoms with van der Waals surface area (Å²) in [5, 5.41) is 0. The molecule has 0 aromatic heterocycles. The largest absolute Gasteiger partial charge is 0.496 e. The molecule has 2 rings (SSSR count). The van der Waals surface area contributed by atoms with Gasteiger partial charge in [0.05, 0.1) is 20.1 Å². The first-order valence-corrected chi connectivity index (χ1v) is 7.94. The number of nitrogens with zero attached hydrogens (tertiary/aromatic N) is 2. The number of piperazine rings is 1. The first-order chi connectivity index (χ1) is 11.7. The average Bonchev–Trinajstić information content (AvgIpc) is 2.53. The van der Waals surface area contributed by atoms with Crippen LogP contribution in [0.15, 0.2) is 18.2 Å². The van der Waals surface area contributed by atoms with Crippen LogP contribution >= 0.6 is 0 Å². The van der Waals surface area contributed by atoms with E-state index < -0.39 is 12.7 Å². The molecule has 1 aliphatic heterocycles. The van der Waals surface area contributed by atoms with E-state index in [9.17, 15) is 22.8 Å². The Labute approximate surface area is 144 Å². The number of carbonyl (C=O) groups is 2. The molecule has 1 saturated heterocycles. The van der Waals surface area contributed by atoms with E-state index >= 15 is 0 Å². The van der Waals surface area contributed by atoms with E-state index in [2.05, 4.69) is 0 Å². The van der Waals surface area contributed by atoms with Crippen molar-refractivity contribution in [2.45, 2.75) is 19.5 Å². The molecule has 1 aromatic carbocycles. The molecule has 25 heavy (non-hydrogen) atoms. The Morgan fingerprint density at radius 2 is 1.80 bits per heavy atom. The van der Waals surface area contributed by atoms with Gasteiger partial charge in [0.1, 0.15) is 5.75 Å². The van der Waals surface area contributed by atoms with Crippen molar-refractivity contribution in [3.63, 3.8) is 0 Å². The molecule has 0 N–H and O–H groups in total. The first-order valence-electron chi connectivity index (χ1n) is 7.94. The van der Waals surface area contributed by atoms with Crippen LogP contribution < -0.4 is 4.74 Å². The highest BCUT2D eigenvalue weighted by Crippen LogP contribution is 2.22. The average molecular weight is 358 g/mol. The molecule has 1 aliphatic rings. The van der Waals surface area contributed by atoms with E-state index in [0.717, 1.165) is 0 Å². The van der Waals surface area contributed by atoms with Crippen LogP contribution in [0.3, 0.4) is 0 Å². The van der Waals surface area contributed by atoms with Gasteiger partial charge in [0.25, 0.3) is 0 Å². The van der Waals surface area contributed by atoms with Crippen LogP contribution in [0.1, 0.15) is 22.8 Å². The lowest BCUT2D eigenvalue weighted by molar-refractivity contribution is -0.151. The number of Topliss-reactive ketones (excluding diaryl/α,β-unsaturated/α-hetero) is 1. The van der Waals surface area contributed by atoms with Gasteiger partial charge in [-0.25, -0.2) is 0 Å². The number of amides is 1. The van der Waals surface area contributed by atoms with Crippen molar-refractivity contribution < 1.29 is 27.5 Å². The Balaban J connectivity index is 1.99. The number of halogens is 3. The van der Waals surface area contributed by atoms with E-state index in [4.69, 9.17) is 4.74 Å². The van der Waals surface area contributed by atoms with Crippen molar-refractivity contribution >= 4 is 11.7 Å². The Hall–Kier alpha value is -2.09. The van der Waals surface area contributed by atoms with Gasteiger partial charge in [-0.05, 0) is 25.1 Å². The predicted molar refractivity (Wildman–Crippen MR) is 85.8 cm³/mol. The van der Waals surface area contributed by atoms with E-state index in [1.807, 2.05) is 0 Å². The Kier molecular flexibility index (Phi) is 6.05. The maximum absolute atomic E-state index is 12.5. The van der Waals surface area contributed by atoms with Crippen molar-refractivity contribution in [1.29, 1.82) is 0 Å². The van der Waals surface area contributed by atoms with E-state index in [0.29, 0.717) is 16.9 Å². The molecule has 0 saturated carbocycles. The number of methoxy groups -OCH3 is 1. The minimum Gasteiger partial charge on any atom is -0.496 e. The first kappa shape index (κ1) is 19.2. The zero-order chi connectivity index (χ0) is 18.6. The van der Waals surface area contributed by atoms with Crippen LogP contribution in [-0.2, 0) is 11.2 Å². The summed E-state index contributed by atoms with van der Waals surface area (Å²) in [5.74, 6) is 0.205. The van der Waals surface area contributed by atoms with Gasteiger partial charge >= 0.3 is 6.18 Å². The molecular weight excluding hydrogens is 337 g/mol. The molecule has 8 heteroatoms. The molecule has 0 atom stereocenters. The van der Waals surface area contributed by atoms with Gasteiger partial charge in [0.15, 0.2) is 5.78 Å². The molecule has 0 bridgehead atoms. The topological polar surface area (TPSA) is 49.9 Å². The number of alkyl halides is 3. The molecule has 0 aliphatic carbocycles. The summed E-state index contributed by atoms with van der Waals surface area (Å²) < 4.78 is 42.4. The summed E-state index contributed by atoms with van der Waals surface area (Å²) in [4.78, 5) is 26.8. The number of benzene rings is 1. The molecule has 0 spiro atoms. The summed E-state index contributed by atoms with van der Waals surface area (Å²) in [6.07, 6.45) is -4.18. The summed E-state index contributed by atoms with van der Waals surface area (Å²) in [7, 11) is 1.48. The molecular formula is C17H21F3N2O3. The minimum atomic E-state index is -4.23. The number of hydrogen-bond donors (Lipinski definition) is 0. The van der Waals surface area contributed by atoms with Crippen LogP contribution in [-0.4, -0.2) is 67.5 Å². The van der Waals surface area contributed by atoms with Gasteiger partial charge in [-0.15, -0.1) is 0 Å². The van der Waals surface area contributed by atoms with Gasteiger partial charge in [-0.3, -0.25) is 14.5 Å². The van der Waals surface area contributed by atoms with Crippen molar-refractivity contribution in [3.05, 3.63) is 29.3 Å². The highest BCUT2D eigenvalue weighted by molar-refractivity contribution is 5.94. The van der Waals surface area contributed by atoms with E-state index in [1.165, 1.54) is 18.9 Å². The van der Waals surface area contributed by atoms with Crippen molar-refractivity contribution in [2.24, 2.45) is 0 Å². The molecule has 1 aromatic rings. The summed E-state index contributed by atoms with van der Waals surface area (Å²) in [5.41, 5.74) is 1.08. The second-order valence-electron chi connectivity index (χ2n) is 6.03. The third-order valence-corrected chi connectivity index (χ3v) is 4.16. The standard InChI is InChI=1S/C17H21F3N2O3/c1-12(23)13-3-4-15(25-2)14(9-13)10-16(24)22-7-5-21(6-8-22)11-17(18,19)20/h3-4,9H,5-8,10-11H2,1-2H3. The number of rotatable bonds is 5. The van der Waals surface area contributed by atoms with E-state index in [1.54, 1.807) is 23.1 Å². The van der Waals surface area contributed by atoms with Crippen LogP contribution in [0.5, 0.6) is 5.75 Å². The summed E-state index contributed by atoms with van der Waals surface area (Å²) in [6, 6.07) is 4.89. The van der Waals surface area contributed by atoms with Crippen molar-refractivity contribution in [2.75, 3.05) is 39.8 Å². The van der Waals surface area contributed by atoms with Crippen molar-refractivity contribution in [1.82, 2.24) is 9.80 Å². The molecule has 0 unspecified atom stereocenters. The lowest BCUT2D eigenvalue weighted by atomic mass is 10.0. The second-order valence-corrected chi connectivity index (χ2v) is 6.03. The zero-order valence-electron chi connectivity index (χ0n) is 14.2. The predicted octanol–water partition coefficient (Wildman–Crippen LogP) is 2.15. The molecule has 1 heterocycles. The second kappa shape index (κ2) is 7.86. The molecule has 1 fully saturated rings. The third-order valence-electron chi connectivity index (χ3n) is 4.16. The van der Waals surface area contributed by atoms with Crippen molar-refractivity contribution in [3.8, 4) is 5.75 Å². The zero-order valence-corrected chi connectivity index (χ0v) is 14.2. The fraction of sp³-hybridized carbons (Fsp3) is 0.529. The molecule has 138 valence electrons. The lowest BCUT2D eigenvalue weighted by Crippen LogP contribution is -2.51. The van der Waals surface area contributed by atoms with Gasteiger partial charge < -0.3 is 9.64 Å². The third kappa shape index (κ3) is 5.45. The van der Waals surface area contributed by atoms with E-state index in [-0.39, 0.29) is 44.3 Å². The number of carbonyl (C=O) groups excluding carboxylic acids is 2. The fourth-order valence-corrected chi connectivity index (χ4v) is 2.82. The SMILES string of the molecule is COc1ccc(C(C)=O)cc1CC(=O)N1CCN(CC(F)(F)F)CC1. The Morgan fingerprint density at radius 3 is 2.32 bits per heavy atom. The highest BCUT2D eigenvalue weighted by Gasteiger charge is 2.32. The van der Waals surface area contributed by atoms with Crippen LogP contribution in [0, 0.1) is 0 Å². The molecule has 0 radical (unpaired) electrons.